The quantitative estimate of drug-likeness (QED) is 0.823. The van der Waals surface area contributed by atoms with Gasteiger partial charge < -0.3 is 20.1 Å². The number of anilines is 2. The molecule has 0 bridgehead atoms. The Morgan fingerprint density at radius 2 is 2.05 bits per heavy atom. The highest BCUT2D eigenvalue weighted by molar-refractivity contribution is 5.37. The first-order valence-corrected chi connectivity index (χ1v) is 6.21. The smallest absolute Gasteiger partial charge is 0.328 e. The molecule has 0 radical (unpaired) electrons. The van der Waals surface area contributed by atoms with E-state index >= 15 is 0 Å². The van der Waals surface area contributed by atoms with E-state index in [4.69, 9.17) is 15.2 Å². The van der Waals surface area contributed by atoms with Crippen molar-refractivity contribution in [2.45, 2.75) is 0 Å². The molecule has 1 saturated heterocycles. The van der Waals surface area contributed by atoms with Crippen molar-refractivity contribution in [3.63, 3.8) is 0 Å². The zero-order chi connectivity index (χ0) is 13.9. The third kappa shape index (κ3) is 2.77. The van der Waals surface area contributed by atoms with Gasteiger partial charge in [-0.05, 0) is 0 Å². The molecule has 0 saturated carbocycles. The maximum Gasteiger partial charge on any atom is 0.328 e. The molecule has 0 amide bonds. The molecular formula is C11H15N7O2. The van der Waals surface area contributed by atoms with Crippen LogP contribution in [0.2, 0.25) is 0 Å². The molecule has 0 aliphatic carbocycles. The number of aromatic nitrogens is 5. The molecule has 1 aliphatic rings. The second-order valence-electron chi connectivity index (χ2n) is 4.33. The van der Waals surface area contributed by atoms with Gasteiger partial charge in [-0.15, -0.1) is 0 Å². The Balaban J connectivity index is 1.82. The first-order chi connectivity index (χ1) is 9.70. The number of morpholine rings is 1. The summed E-state index contributed by atoms with van der Waals surface area (Å²) in [5, 5.41) is 4.01. The molecule has 1 fully saturated rings. The Hall–Kier alpha value is -2.42. The average molecular weight is 277 g/mol. The third-order valence-electron chi connectivity index (χ3n) is 2.80. The SMILES string of the molecule is Cn1cc(Oc2nc(N)nc(N3CCOCC3)n2)cn1. The highest BCUT2D eigenvalue weighted by atomic mass is 16.5. The second-order valence-corrected chi connectivity index (χ2v) is 4.33. The maximum atomic E-state index is 5.70. The van der Waals surface area contributed by atoms with Crippen LogP contribution >= 0.6 is 0 Å². The van der Waals surface area contributed by atoms with E-state index in [-0.39, 0.29) is 12.0 Å². The summed E-state index contributed by atoms with van der Waals surface area (Å²) in [4.78, 5) is 14.4. The van der Waals surface area contributed by atoms with Gasteiger partial charge in [-0.1, -0.05) is 0 Å². The van der Waals surface area contributed by atoms with E-state index in [1.807, 2.05) is 4.90 Å². The van der Waals surface area contributed by atoms with Crippen LogP contribution in [0.3, 0.4) is 0 Å². The van der Waals surface area contributed by atoms with Gasteiger partial charge in [0, 0.05) is 20.1 Å². The van der Waals surface area contributed by atoms with Crippen molar-refractivity contribution in [3.8, 4) is 11.8 Å². The predicted molar refractivity (Wildman–Crippen MR) is 70.6 cm³/mol. The fourth-order valence-corrected chi connectivity index (χ4v) is 1.87. The molecule has 9 nitrogen and oxygen atoms in total. The molecule has 2 N–H and O–H groups in total. The Labute approximate surface area is 115 Å². The van der Waals surface area contributed by atoms with Crippen molar-refractivity contribution in [2.24, 2.45) is 7.05 Å². The number of rotatable bonds is 3. The van der Waals surface area contributed by atoms with Crippen molar-refractivity contribution in [1.29, 1.82) is 0 Å². The van der Waals surface area contributed by atoms with E-state index in [9.17, 15) is 0 Å². The number of aryl methyl sites for hydroxylation is 1. The van der Waals surface area contributed by atoms with Crippen LogP contribution in [0.4, 0.5) is 11.9 Å². The lowest BCUT2D eigenvalue weighted by molar-refractivity contribution is 0.122. The Morgan fingerprint density at radius 1 is 1.25 bits per heavy atom. The fourth-order valence-electron chi connectivity index (χ4n) is 1.87. The maximum absolute atomic E-state index is 5.70. The minimum atomic E-state index is 0.125. The summed E-state index contributed by atoms with van der Waals surface area (Å²) < 4.78 is 12.4. The number of nitrogens with zero attached hydrogens (tertiary/aromatic N) is 6. The normalized spacial score (nSPS) is 15.3. The van der Waals surface area contributed by atoms with Crippen molar-refractivity contribution in [1.82, 2.24) is 24.7 Å². The predicted octanol–water partition coefficient (Wildman–Crippen LogP) is -0.184. The molecule has 3 heterocycles. The van der Waals surface area contributed by atoms with E-state index < -0.39 is 0 Å². The van der Waals surface area contributed by atoms with Gasteiger partial charge in [0.15, 0.2) is 5.75 Å². The zero-order valence-electron chi connectivity index (χ0n) is 11.1. The number of hydrogen-bond donors (Lipinski definition) is 1. The molecule has 0 atom stereocenters. The molecule has 1 aliphatic heterocycles. The highest BCUT2D eigenvalue weighted by Gasteiger charge is 2.16. The second kappa shape index (κ2) is 5.29. The first kappa shape index (κ1) is 12.6. The number of nitrogens with two attached hydrogens (primary N) is 1. The van der Waals surface area contributed by atoms with Gasteiger partial charge in [0.2, 0.25) is 11.9 Å². The molecule has 9 heteroatoms. The molecule has 0 aromatic carbocycles. The molecule has 2 aromatic rings. The van der Waals surface area contributed by atoms with Crippen molar-refractivity contribution < 1.29 is 9.47 Å². The van der Waals surface area contributed by atoms with Gasteiger partial charge in [0.25, 0.3) is 0 Å². The van der Waals surface area contributed by atoms with Gasteiger partial charge in [-0.3, -0.25) is 4.68 Å². The van der Waals surface area contributed by atoms with Crippen LogP contribution in [0.25, 0.3) is 0 Å². The lowest BCUT2D eigenvalue weighted by Crippen LogP contribution is -2.37. The number of ether oxygens (including phenoxy) is 2. The third-order valence-corrected chi connectivity index (χ3v) is 2.80. The van der Waals surface area contributed by atoms with Gasteiger partial charge in [-0.25, -0.2) is 0 Å². The lowest BCUT2D eigenvalue weighted by Gasteiger charge is -2.26. The van der Waals surface area contributed by atoms with E-state index in [1.54, 1.807) is 24.1 Å². The molecule has 2 aromatic heterocycles. The summed E-state index contributed by atoms with van der Waals surface area (Å²) in [6.07, 6.45) is 3.29. The fraction of sp³-hybridized carbons (Fsp3) is 0.455. The summed E-state index contributed by atoms with van der Waals surface area (Å²) in [5.41, 5.74) is 5.70. The zero-order valence-corrected chi connectivity index (χ0v) is 11.1. The first-order valence-electron chi connectivity index (χ1n) is 6.21. The summed E-state index contributed by atoms with van der Waals surface area (Å²) in [6.45, 7) is 2.72. The van der Waals surface area contributed by atoms with Gasteiger partial charge in [0.1, 0.15) is 0 Å². The van der Waals surface area contributed by atoms with Crippen LogP contribution in [0.5, 0.6) is 11.8 Å². The van der Waals surface area contributed by atoms with Gasteiger partial charge in [-0.2, -0.15) is 20.1 Å². The standard InChI is InChI=1S/C11H15N7O2/c1-17-7-8(6-13-17)20-11-15-9(12)14-10(16-11)18-2-4-19-5-3-18/h6-7H,2-5H2,1H3,(H2,12,14,15,16). The lowest BCUT2D eigenvalue weighted by atomic mass is 10.4. The molecule has 3 rings (SSSR count). The summed E-state index contributed by atoms with van der Waals surface area (Å²) in [5.74, 6) is 1.17. The van der Waals surface area contributed by atoms with Gasteiger partial charge in [0.05, 0.1) is 25.6 Å². The van der Waals surface area contributed by atoms with Crippen molar-refractivity contribution >= 4 is 11.9 Å². The largest absolute Gasteiger partial charge is 0.421 e. The average Bonchev–Trinajstić information content (AvgIpc) is 2.84. The van der Waals surface area contributed by atoms with E-state index in [1.165, 1.54) is 0 Å². The molecule has 0 spiro atoms. The molecular weight excluding hydrogens is 262 g/mol. The minimum absolute atomic E-state index is 0.125. The Bertz CT molecular complexity index is 594. The molecule has 20 heavy (non-hydrogen) atoms. The summed E-state index contributed by atoms with van der Waals surface area (Å²) in [7, 11) is 1.80. The van der Waals surface area contributed by atoms with Crippen LogP contribution in [0.1, 0.15) is 0 Å². The molecule has 0 unspecified atom stereocenters. The monoisotopic (exact) mass is 277 g/mol. The van der Waals surface area contributed by atoms with Crippen molar-refractivity contribution in [3.05, 3.63) is 12.4 Å². The van der Waals surface area contributed by atoms with Crippen LogP contribution < -0.4 is 15.4 Å². The molecule has 106 valence electrons. The highest BCUT2D eigenvalue weighted by Crippen LogP contribution is 2.20. The van der Waals surface area contributed by atoms with E-state index in [2.05, 4.69) is 20.1 Å². The van der Waals surface area contributed by atoms with Crippen LogP contribution in [0, 0.1) is 0 Å². The Morgan fingerprint density at radius 3 is 2.75 bits per heavy atom. The van der Waals surface area contributed by atoms with Gasteiger partial charge >= 0.3 is 6.01 Å². The van der Waals surface area contributed by atoms with E-state index in [0.717, 1.165) is 13.1 Å². The Kier molecular flexibility index (Phi) is 3.33. The van der Waals surface area contributed by atoms with E-state index in [0.29, 0.717) is 24.9 Å². The summed E-state index contributed by atoms with van der Waals surface area (Å²) >= 11 is 0. The minimum Gasteiger partial charge on any atom is -0.421 e. The van der Waals surface area contributed by atoms with Crippen LogP contribution in [0.15, 0.2) is 12.4 Å². The van der Waals surface area contributed by atoms with Crippen LogP contribution in [-0.2, 0) is 11.8 Å². The number of nitrogen functional groups attached to an aromatic ring is 1. The van der Waals surface area contributed by atoms with Crippen LogP contribution in [-0.4, -0.2) is 51.0 Å². The van der Waals surface area contributed by atoms with Crippen molar-refractivity contribution in [2.75, 3.05) is 36.9 Å². The topological polar surface area (TPSA) is 104 Å². The summed E-state index contributed by atoms with van der Waals surface area (Å²) in [6, 6.07) is 0.159. The number of hydrogen-bond acceptors (Lipinski definition) is 8.